The van der Waals surface area contributed by atoms with E-state index >= 15 is 0 Å². The minimum Gasteiger partial charge on any atom is -0.330 e. The second kappa shape index (κ2) is 8.52. The van der Waals surface area contributed by atoms with Crippen LogP contribution in [0.3, 0.4) is 0 Å². The van der Waals surface area contributed by atoms with Crippen molar-refractivity contribution in [2.24, 2.45) is 0 Å². The number of nitrogens with zero attached hydrogens (tertiary/aromatic N) is 5. The van der Waals surface area contributed by atoms with Gasteiger partial charge in [0.2, 0.25) is 0 Å². The summed E-state index contributed by atoms with van der Waals surface area (Å²) in [5, 5.41) is 8.89. The van der Waals surface area contributed by atoms with Gasteiger partial charge in [0.25, 0.3) is 0 Å². The van der Waals surface area contributed by atoms with Crippen molar-refractivity contribution in [1.82, 2.24) is 19.4 Å². The zero-order valence-electron chi connectivity index (χ0n) is 15.3. The maximum atomic E-state index is 12.5. The molecule has 2 aromatic rings. The van der Waals surface area contributed by atoms with Gasteiger partial charge >= 0.3 is 6.03 Å². The van der Waals surface area contributed by atoms with Crippen molar-refractivity contribution in [3.05, 3.63) is 53.6 Å². The molecule has 1 fully saturated rings. The molecule has 136 valence electrons. The standard InChI is InChI=1S/C20H25N5O/c1-23(20(26)24-10-3-2-4-11-24)12-9-19-14-22-16-25(19)15-18-7-5-17(13-21)6-8-18/h5-8,14,16H,2-4,9-12,15H2,1H3. The first-order chi connectivity index (χ1) is 12.7. The van der Waals surface area contributed by atoms with Gasteiger partial charge < -0.3 is 14.4 Å². The van der Waals surface area contributed by atoms with E-state index in [4.69, 9.17) is 5.26 Å². The Labute approximate surface area is 154 Å². The number of likely N-dealkylation sites (tertiary alicyclic amines) is 1. The van der Waals surface area contributed by atoms with Crippen LogP contribution in [0.1, 0.15) is 36.1 Å². The molecule has 0 spiro atoms. The topological polar surface area (TPSA) is 65.2 Å². The van der Waals surface area contributed by atoms with Crippen LogP contribution in [0.2, 0.25) is 0 Å². The largest absolute Gasteiger partial charge is 0.330 e. The SMILES string of the molecule is CN(CCc1cncn1Cc1ccc(C#N)cc1)C(=O)N1CCCCC1. The molecule has 1 aliphatic heterocycles. The van der Waals surface area contributed by atoms with Crippen LogP contribution in [-0.4, -0.2) is 52.1 Å². The molecular formula is C20H25N5O. The lowest BCUT2D eigenvalue weighted by Gasteiger charge is -2.31. The first-order valence-electron chi connectivity index (χ1n) is 9.15. The Morgan fingerprint density at radius 2 is 1.96 bits per heavy atom. The number of imidazole rings is 1. The second-order valence-corrected chi connectivity index (χ2v) is 6.82. The summed E-state index contributed by atoms with van der Waals surface area (Å²) in [7, 11) is 1.87. The van der Waals surface area contributed by atoms with Crippen molar-refractivity contribution in [2.75, 3.05) is 26.7 Å². The van der Waals surface area contributed by atoms with Crippen molar-refractivity contribution < 1.29 is 4.79 Å². The van der Waals surface area contributed by atoms with Crippen molar-refractivity contribution >= 4 is 6.03 Å². The fourth-order valence-electron chi connectivity index (χ4n) is 3.28. The summed E-state index contributed by atoms with van der Waals surface area (Å²) in [5.74, 6) is 0. The van der Waals surface area contributed by atoms with Crippen LogP contribution in [0.25, 0.3) is 0 Å². The van der Waals surface area contributed by atoms with Crippen molar-refractivity contribution in [3.8, 4) is 6.07 Å². The number of hydrogen-bond donors (Lipinski definition) is 0. The number of urea groups is 1. The third-order valence-corrected chi connectivity index (χ3v) is 4.89. The van der Waals surface area contributed by atoms with Gasteiger partial charge in [-0.3, -0.25) is 0 Å². The van der Waals surface area contributed by atoms with Crippen molar-refractivity contribution in [2.45, 2.75) is 32.2 Å². The zero-order valence-corrected chi connectivity index (χ0v) is 15.3. The number of amides is 2. The average Bonchev–Trinajstić information content (AvgIpc) is 3.13. The van der Waals surface area contributed by atoms with E-state index in [2.05, 4.69) is 15.6 Å². The third kappa shape index (κ3) is 4.42. The minimum absolute atomic E-state index is 0.128. The van der Waals surface area contributed by atoms with Gasteiger partial charge in [0, 0.05) is 51.5 Å². The maximum absolute atomic E-state index is 12.5. The van der Waals surface area contributed by atoms with Gasteiger partial charge in [0.1, 0.15) is 0 Å². The summed E-state index contributed by atoms with van der Waals surface area (Å²) in [4.78, 5) is 20.5. The quantitative estimate of drug-likeness (QED) is 0.832. The molecule has 1 aliphatic rings. The van der Waals surface area contributed by atoms with E-state index in [0.29, 0.717) is 18.7 Å². The number of benzene rings is 1. The average molecular weight is 351 g/mol. The third-order valence-electron chi connectivity index (χ3n) is 4.89. The van der Waals surface area contributed by atoms with E-state index in [1.165, 1.54) is 6.42 Å². The molecule has 1 saturated heterocycles. The zero-order chi connectivity index (χ0) is 18.4. The molecule has 0 radical (unpaired) electrons. The summed E-state index contributed by atoms with van der Waals surface area (Å²) in [6, 6.07) is 9.86. The van der Waals surface area contributed by atoms with Gasteiger partial charge in [-0.15, -0.1) is 0 Å². The van der Waals surface area contributed by atoms with E-state index in [-0.39, 0.29) is 6.03 Å². The number of piperidine rings is 1. The molecule has 0 bridgehead atoms. The Hall–Kier alpha value is -2.81. The molecule has 6 heteroatoms. The van der Waals surface area contributed by atoms with Crippen LogP contribution in [0, 0.1) is 11.3 Å². The Balaban J connectivity index is 1.56. The molecule has 0 N–H and O–H groups in total. The second-order valence-electron chi connectivity index (χ2n) is 6.82. The lowest BCUT2D eigenvalue weighted by Crippen LogP contribution is -2.44. The van der Waals surface area contributed by atoms with Crippen LogP contribution in [-0.2, 0) is 13.0 Å². The summed E-state index contributed by atoms with van der Waals surface area (Å²) in [6.45, 7) is 3.14. The van der Waals surface area contributed by atoms with E-state index in [9.17, 15) is 4.79 Å². The lowest BCUT2D eigenvalue weighted by molar-refractivity contribution is 0.153. The molecule has 2 amide bonds. The highest BCUT2D eigenvalue weighted by Crippen LogP contribution is 2.12. The number of rotatable bonds is 5. The molecular weight excluding hydrogens is 326 g/mol. The summed E-state index contributed by atoms with van der Waals surface area (Å²) < 4.78 is 2.10. The van der Waals surface area contributed by atoms with Crippen LogP contribution >= 0.6 is 0 Å². The number of carbonyl (C=O) groups excluding carboxylic acids is 1. The number of nitriles is 1. The van der Waals surface area contributed by atoms with E-state index in [1.54, 1.807) is 0 Å². The fourth-order valence-corrected chi connectivity index (χ4v) is 3.28. The van der Waals surface area contributed by atoms with E-state index < -0.39 is 0 Å². The van der Waals surface area contributed by atoms with Gasteiger partial charge in [-0.1, -0.05) is 12.1 Å². The van der Waals surface area contributed by atoms with Crippen LogP contribution in [0.15, 0.2) is 36.8 Å². The molecule has 6 nitrogen and oxygen atoms in total. The predicted octanol–water partition coefficient (Wildman–Crippen LogP) is 2.88. The van der Waals surface area contributed by atoms with Crippen LogP contribution in [0.5, 0.6) is 0 Å². The van der Waals surface area contributed by atoms with E-state index in [0.717, 1.165) is 43.6 Å². The number of likely N-dealkylation sites (N-methyl/N-ethyl adjacent to an activating group) is 1. The molecule has 3 rings (SSSR count). The molecule has 2 heterocycles. The van der Waals surface area contributed by atoms with Crippen LogP contribution < -0.4 is 0 Å². The van der Waals surface area contributed by atoms with Gasteiger partial charge in [-0.2, -0.15) is 5.26 Å². The predicted molar refractivity (Wildman–Crippen MR) is 99.6 cm³/mol. The van der Waals surface area contributed by atoms with Crippen molar-refractivity contribution in [1.29, 1.82) is 5.26 Å². The van der Waals surface area contributed by atoms with Gasteiger partial charge in [-0.25, -0.2) is 9.78 Å². The van der Waals surface area contributed by atoms with Crippen molar-refractivity contribution in [3.63, 3.8) is 0 Å². The molecule has 0 unspecified atom stereocenters. The van der Waals surface area contributed by atoms with E-state index in [1.807, 2.05) is 53.6 Å². The Bertz CT molecular complexity index is 768. The smallest absolute Gasteiger partial charge is 0.319 e. The summed E-state index contributed by atoms with van der Waals surface area (Å²) >= 11 is 0. The molecule has 1 aromatic carbocycles. The number of hydrogen-bond acceptors (Lipinski definition) is 3. The van der Waals surface area contributed by atoms with Crippen LogP contribution in [0.4, 0.5) is 4.79 Å². The monoisotopic (exact) mass is 351 g/mol. The Morgan fingerprint density at radius 3 is 2.65 bits per heavy atom. The molecule has 0 aliphatic carbocycles. The van der Waals surface area contributed by atoms with Gasteiger partial charge in [-0.05, 0) is 37.0 Å². The number of carbonyl (C=O) groups is 1. The molecule has 0 atom stereocenters. The molecule has 1 aromatic heterocycles. The Morgan fingerprint density at radius 1 is 1.23 bits per heavy atom. The lowest BCUT2D eigenvalue weighted by atomic mass is 10.1. The molecule has 26 heavy (non-hydrogen) atoms. The first kappa shape index (κ1) is 18.0. The first-order valence-corrected chi connectivity index (χ1v) is 9.15. The highest BCUT2D eigenvalue weighted by Gasteiger charge is 2.20. The summed E-state index contributed by atoms with van der Waals surface area (Å²) in [6.07, 6.45) is 7.89. The normalized spacial score (nSPS) is 14.1. The number of aromatic nitrogens is 2. The fraction of sp³-hybridized carbons (Fsp3) is 0.450. The molecule has 0 saturated carbocycles. The maximum Gasteiger partial charge on any atom is 0.319 e. The highest BCUT2D eigenvalue weighted by molar-refractivity contribution is 5.74. The van der Waals surface area contributed by atoms with Gasteiger partial charge in [0.15, 0.2) is 0 Å². The Kier molecular flexibility index (Phi) is 5.90. The highest BCUT2D eigenvalue weighted by atomic mass is 16.2. The summed E-state index contributed by atoms with van der Waals surface area (Å²) in [5.41, 5.74) is 2.89. The minimum atomic E-state index is 0.128. The van der Waals surface area contributed by atoms with Gasteiger partial charge in [0.05, 0.1) is 18.0 Å².